The van der Waals surface area contributed by atoms with Gasteiger partial charge in [0, 0.05) is 18.2 Å². The van der Waals surface area contributed by atoms with Crippen molar-refractivity contribution in [2.24, 2.45) is 5.73 Å². The van der Waals surface area contributed by atoms with Crippen molar-refractivity contribution >= 4 is 5.97 Å². The fourth-order valence-corrected chi connectivity index (χ4v) is 2.47. The number of carbonyl (C=O) groups is 1. The van der Waals surface area contributed by atoms with Crippen LogP contribution in [0, 0.1) is 0 Å². The van der Waals surface area contributed by atoms with Gasteiger partial charge in [-0.1, -0.05) is 6.07 Å². The molecule has 0 radical (unpaired) electrons. The number of esters is 1. The maximum atomic E-state index is 11.5. The van der Waals surface area contributed by atoms with Crippen molar-refractivity contribution in [3.8, 4) is 5.75 Å². The number of nitrogens with zero attached hydrogens (tertiary/aromatic N) is 1. The standard InChI is InChI=1S/C15H22N2O3/c1-19-14-9-11(15(18)20-2)3-4-12(14)10-17-7-5-13(16)6-8-17/h3-4,9,13H,5-8,10,16H2,1-2H3. The molecule has 0 aromatic heterocycles. The van der Waals surface area contributed by atoms with E-state index in [0.717, 1.165) is 43.8 Å². The Morgan fingerprint density at radius 2 is 2.05 bits per heavy atom. The average Bonchev–Trinajstić information content (AvgIpc) is 2.49. The molecule has 0 amide bonds. The van der Waals surface area contributed by atoms with Crippen molar-refractivity contribution in [2.45, 2.75) is 25.4 Å². The zero-order valence-electron chi connectivity index (χ0n) is 12.1. The fourth-order valence-electron chi connectivity index (χ4n) is 2.47. The van der Waals surface area contributed by atoms with Gasteiger partial charge in [0.05, 0.1) is 19.8 Å². The number of piperidine rings is 1. The highest BCUT2D eigenvalue weighted by Gasteiger charge is 2.18. The van der Waals surface area contributed by atoms with Crippen LogP contribution in [0.1, 0.15) is 28.8 Å². The molecule has 2 N–H and O–H groups in total. The summed E-state index contributed by atoms with van der Waals surface area (Å²) in [6.45, 7) is 2.82. The molecule has 0 atom stereocenters. The lowest BCUT2D eigenvalue weighted by Gasteiger charge is -2.30. The molecule has 0 aliphatic carbocycles. The number of likely N-dealkylation sites (tertiary alicyclic amines) is 1. The van der Waals surface area contributed by atoms with Crippen LogP contribution in [0.2, 0.25) is 0 Å². The normalized spacial score (nSPS) is 16.9. The van der Waals surface area contributed by atoms with Gasteiger partial charge in [0.25, 0.3) is 0 Å². The van der Waals surface area contributed by atoms with E-state index in [1.54, 1.807) is 19.2 Å². The van der Waals surface area contributed by atoms with E-state index in [0.29, 0.717) is 11.6 Å². The van der Waals surface area contributed by atoms with Gasteiger partial charge in [-0.15, -0.1) is 0 Å². The number of benzene rings is 1. The quantitative estimate of drug-likeness (QED) is 0.844. The van der Waals surface area contributed by atoms with Crippen LogP contribution < -0.4 is 10.5 Å². The highest BCUT2D eigenvalue weighted by Crippen LogP contribution is 2.23. The van der Waals surface area contributed by atoms with Crippen LogP contribution in [0.3, 0.4) is 0 Å². The maximum Gasteiger partial charge on any atom is 0.337 e. The first-order valence-corrected chi connectivity index (χ1v) is 6.87. The molecule has 0 saturated carbocycles. The Bertz CT molecular complexity index is 468. The Morgan fingerprint density at radius 1 is 1.35 bits per heavy atom. The topological polar surface area (TPSA) is 64.8 Å². The Labute approximate surface area is 119 Å². The largest absolute Gasteiger partial charge is 0.496 e. The molecule has 0 bridgehead atoms. The van der Waals surface area contributed by atoms with Crippen LogP contribution in [0.25, 0.3) is 0 Å². The van der Waals surface area contributed by atoms with Gasteiger partial charge < -0.3 is 15.2 Å². The first-order chi connectivity index (χ1) is 9.63. The molecule has 1 aromatic rings. The van der Waals surface area contributed by atoms with Crippen LogP contribution in [0.15, 0.2) is 18.2 Å². The summed E-state index contributed by atoms with van der Waals surface area (Å²) >= 11 is 0. The summed E-state index contributed by atoms with van der Waals surface area (Å²) in [5.74, 6) is 0.376. The molecule has 0 unspecified atom stereocenters. The van der Waals surface area contributed by atoms with E-state index in [9.17, 15) is 4.79 Å². The van der Waals surface area contributed by atoms with E-state index < -0.39 is 0 Å². The van der Waals surface area contributed by atoms with Gasteiger partial charge in [-0.25, -0.2) is 4.79 Å². The third kappa shape index (κ3) is 3.49. The maximum absolute atomic E-state index is 11.5. The highest BCUT2D eigenvalue weighted by atomic mass is 16.5. The summed E-state index contributed by atoms with van der Waals surface area (Å²) in [7, 11) is 2.99. The molecular weight excluding hydrogens is 256 g/mol. The molecule has 1 fully saturated rings. The Balaban J connectivity index is 2.09. The van der Waals surface area contributed by atoms with Crippen molar-refractivity contribution in [3.63, 3.8) is 0 Å². The Kier molecular flexibility index (Phi) is 4.98. The second-order valence-electron chi connectivity index (χ2n) is 5.13. The number of carbonyl (C=O) groups excluding carboxylic acids is 1. The van der Waals surface area contributed by atoms with Crippen LogP contribution in [0.4, 0.5) is 0 Å². The molecule has 0 spiro atoms. The smallest absolute Gasteiger partial charge is 0.337 e. The summed E-state index contributed by atoms with van der Waals surface area (Å²) in [6.07, 6.45) is 2.06. The summed E-state index contributed by atoms with van der Waals surface area (Å²) in [6, 6.07) is 5.77. The minimum atomic E-state index is -0.348. The van der Waals surface area contributed by atoms with Crippen LogP contribution in [-0.4, -0.2) is 44.2 Å². The lowest BCUT2D eigenvalue weighted by molar-refractivity contribution is 0.0600. The molecule has 110 valence electrons. The SMILES string of the molecule is COC(=O)c1ccc(CN2CCC(N)CC2)c(OC)c1. The van der Waals surface area contributed by atoms with Gasteiger partial charge in [-0.3, -0.25) is 4.90 Å². The van der Waals surface area contributed by atoms with Gasteiger partial charge >= 0.3 is 5.97 Å². The fraction of sp³-hybridized carbons (Fsp3) is 0.533. The first-order valence-electron chi connectivity index (χ1n) is 6.87. The number of hydrogen-bond acceptors (Lipinski definition) is 5. The predicted molar refractivity (Wildman–Crippen MR) is 76.8 cm³/mol. The van der Waals surface area contributed by atoms with Crippen molar-refractivity contribution in [3.05, 3.63) is 29.3 Å². The molecule has 5 heteroatoms. The molecule has 20 heavy (non-hydrogen) atoms. The zero-order valence-corrected chi connectivity index (χ0v) is 12.1. The molecule has 1 aliphatic heterocycles. The van der Waals surface area contributed by atoms with Crippen LogP contribution >= 0.6 is 0 Å². The van der Waals surface area contributed by atoms with Gasteiger partial charge in [0.1, 0.15) is 5.75 Å². The number of methoxy groups -OCH3 is 2. The van der Waals surface area contributed by atoms with E-state index in [1.807, 2.05) is 6.07 Å². The predicted octanol–water partition coefficient (Wildman–Crippen LogP) is 1.40. The Hall–Kier alpha value is -1.59. The molecule has 1 saturated heterocycles. The summed E-state index contributed by atoms with van der Waals surface area (Å²) < 4.78 is 10.1. The average molecular weight is 278 g/mol. The lowest BCUT2D eigenvalue weighted by Crippen LogP contribution is -2.39. The van der Waals surface area contributed by atoms with Crippen LogP contribution in [-0.2, 0) is 11.3 Å². The van der Waals surface area contributed by atoms with Gasteiger partial charge in [-0.2, -0.15) is 0 Å². The third-order valence-corrected chi connectivity index (χ3v) is 3.73. The minimum absolute atomic E-state index is 0.329. The zero-order chi connectivity index (χ0) is 14.5. The second-order valence-corrected chi connectivity index (χ2v) is 5.13. The van der Waals surface area contributed by atoms with Crippen molar-refractivity contribution in [1.82, 2.24) is 4.90 Å². The summed E-state index contributed by atoms with van der Waals surface area (Å²) in [4.78, 5) is 13.9. The Morgan fingerprint density at radius 3 is 2.65 bits per heavy atom. The lowest BCUT2D eigenvalue weighted by atomic mass is 10.0. The summed E-state index contributed by atoms with van der Waals surface area (Å²) in [5, 5.41) is 0. The number of ether oxygens (including phenoxy) is 2. The van der Waals surface area contributed by atoms with E-state index in [2.05, 4.69) is 4.90 Å². The molecule has 1 aliphatic rings. The van der Waals surface area contributed by atoms with Gasteiger partial charge in [-0.05, 0) is 38.1 Å². The highest BCUT2D eigenvalue weighted by molar-refractivity contribution is 5.89. The first kappa shape index (κ1) is 14.8. The second kappa shape index (κ2) is 6.72. The van der Waals surface area contributed by atoms with E-state index >= 15 is 0 Å². The number of nitrogens with two attached hydrogens (primary N) is 1. The molecule has 1 heterocycles. The van der Waals surface area contributed by atoms with Crippen LogP contribution in [0.5, 0.6) is 5.75 Å². The van der Waals surface area contributed by atoms with Crippen molar-refractivity contribution < 1.29 is 14.3 Å². The van der Waals surface area contributed by atoms with E-state index in [4.69, 9.17) is 15.2 Å². The van der Waals surface area contributed by atoms with Gasteiger partial charge in [0.2, 0.25) is 0 Å². The van der Waals surface area contributed by atoms with E-state index in [-0.39, 0.29) is 5.97 Å². The van der Waals surface area contributed by atoms with Crippen molar-refractivity contribution in [1.29, 1.82) is 0 Å². The number of hydrogen-bond donors (Lipinski definition) is 1. The number of rotatable bonds is 4. The monoisotopic (exact) mass is 278 g/mol. The minimum Gasteiger partial charge on any atom is -0.496 e. The molecule has 5 nitrogen and oxygen atoms in total. The molecular formula is C15H22N2O3. The summed E-state index contributed by atoms with van der Waals surface area (Å²) in [5.41, 5.74) is 7.50. The van der Waals surface area contributed by atoms with E-state index in [1.165, 1.54) is 7.11 Å². The van der Waals surface area contributed by atoms with Gasteiger partial charge in [0.15, 0.2) is 0 Å². The molecule has 1 aromatic carbocycles. The molecule has 2 rings (SSSR count). The van der Waals surface area contributed by atoms with Crippen molar-refractivity contribution in [2.75, 3.05) is 27.3 Å². The third-order valence-electron chi connectivity index (χ3n) is 3.73.